The summed E-state index contributed by atoms with van der Waals surface area (Å²) >= 11 is 0. The van der Waals surface area contributed by atoms with Gasteiger partial charge in [0.2, 0.25) is 0 Å². The van der Waals surface area contributed by atoms with E-state index in [1.54, 1.807) is 32.1 Å². The van der Waals surface area contributed by atoms with Crippen LogP contribution in [0.15, 0.2) is 0 Å². The van der Waals surface area contributed by atoms with E-state index in [0.717, 1.165) is 35.6 Å². The highest BCUT2D eigenvalue weighted by Crippen LogP contribution is 2.53. The summed E-state index contributed by atoms with van der Waals surface area (Å²) in [4.78, 5) is 0. The minimum Gasteiger partial charge on any atom is -0.313 e. The van der Waals surface area contributed by atoms with Crippen molar-refractivity contribution in [2.75, 3.05) is 6.54 Å². The Balaban J connectivity index is 1.64. The second-order valence-corrected chi connectivity index (χ2v) is 6.76. The zero-order valence-electron chi connectivity index (χ0n) is 10.2. The Bertz CT molecular complexity index is 205. The van der Waals surface area contributed by atoms with E-state index in [1.807, 2.05) is 0 Å². The van der Waals surface area contributed by atoms with Gasteiger partial charge >= 0.3 is 0 Å². The second-order valence-electron chi connectivity index (χ2n) is 6.76. The van der Waals surface area contributed by atoms with Crippen molar-refractivity contribution in [2.24, 2.45) is 29.6 Å². The SMILES string of the molecule is CC(C)CNC1C2CC3CC(C2)CC1C3. The van der Waals surface area contributed by atoms with Gasteiger partial charge in [-0.05, 0) is 68.2 Å². The van der Waals surface area contributed by atoms with Crippen molar-refractivity contribution in [2.45, 2.75) is 52.0 Å². The fraction of sp³-hybridized carbons (Fsp3) is 1.00. The standard InChI is InChI=1S/C14H25N/c1-9(2)8-15-14-12-4-10-3-11(6-12)7-13(14)5-10/h9-15H,3-8H2,1-2H3. The fourth-order valence-electron chi connectivity index (χ4n) is 4.63. The predicted octanol–water partition coefficient (Wildman–Crippen LogP) is 3.06. The third-order valence-electron chi connectivity index (χ3n) is 4.99. The maximum Gasteiger partial charge on any atom is 0.0124 e. The summed E-state index contributed by atoms with van der Waals surface area (Å²) in [5.74, 6) is 5.12. The molecule has 0 unspecified atom stereocenters. The first-order valence-electron chi connectivity index (χ1n) is 6.95. The van der Waals surface area contributed by atoms with E-state index in [9.17, 15) is 0 Å². The van der Waals surface area contributed by atoms with E-state index >= 15 is 0 Å². The van der Waals surface area contributed by atoms with Crippen molar-refractivity contribution in [3.63, 3.8) is 0 Å². The van der Waals surface area contributed by atoms with Crippen molar-refractivity contribution in [3.8, 4) is 0 Å². The molecule has 4 fully saturated rings. The molecule has 0 radical (unpaired) electrons. The van der Waals surface area contributed by atoms with Gasteiger partial charge < -0.3 is 5.32 Å². The fourth-order valence-corrected chi connectivity index (χ4v) is 4.63. The normalized spacial score (nSPS) is 47.8. The molecule has 4 aliphatic carbocycles. The van der Waals surface area contributed by atoms with Gasteiger partial charge in [0.1, 0.15) is 0 Å². The molecule has 1 heteroatoms. The minimum absolute atomic E-state index is 0.808. The van der Waals surface area contributed by atoms with Crippen LogP contribution in [-0.2, 0) is 0 Å². The van der Waals surface area contributed by atoms with Crippen LogP contribution in [0.2, 0.25) is 0 Å². The Kier molecular flexibility index (Phi) is 2.54. The molecule has 1 nitrogen and oxygen atoms in total. The first-order chi connectivity index (χ1) is 7.22. The van der Waals surface area contributed by atoms with E-state index < -0.39 is 0 Å². The van der Waals surface area contributed by atoms with Gasteiger partial charge in [-0.1, -0.05) is 13.8 Å². The summed E-state index contributed by atoms with van der Waals surface area (Å²) < 4.78 is 0. The molecule has 0 amide bonds. The highest BCUT2D eigenvalue weighted by molar-refractivity contribution is 5.01. The van der Waals surface area contributed by atoms with Crippen LogP contribution >= 0.6 is 0 Å². The molecule has 4 aliphatic rings. The van der Waals surface area contributed by atoms with Crippen LogP contribution in [0.1, 0.15) is 46.0 Å². The first-order valence-corrected chi connectivity index (χ1v) is 6.95. The largest absolute Gasteiger partial charge is 0.313 e. The summed E-state index contributed by atoms with van der Waals surface area (Å²) in [5, 5.41) is 3.86. The monoisotopic (exact) mass is 207 g/mol. The molecule has 15 heavy (non-hydrogen) atoms. The Hall–Kier alpha value is -0.0400. The molecule has 86 valence electrons. The average Bonchev–Trinajstić information content (AvgIpc) is 2.14. The molecule has 0 spiro atoms. The third-order valence-corrected chi connectivity index (χ3v) is 4.99. The van der Waals surface area contributed by atoms with Gasteiger partial charge in [-0.3, -0.25) is 0 Å². The molecule has 0 heterocycles. The van der Waals surface area contributed by atoms with Crippen LogP contribution in [0, 0.1) is 29.6 Å². The van der Waals surface area contributed by atoms with Crippen LogP contribution in [0.3, 0.4) is 0 Å². The van der Waals surface area contributed by atoms with Crippen LogP contribution in [-0.4, -0.2) is 12.6 Å². The third kappa shape index (κ3) is 1.84. The molecular formula is C14H25N. The molecule has 1 N–H and O–H groups in total. The lowest BCUT2D eigenvalue weighted by Gasteiger charge is -2.54. The van der Waals surface area contributed by atoms with Gasteiger partial charge in [0.25, 0.3) is 0 Å². The maximum absolute atomic E-state index is 3.86. The van der Waals surface area contributed by atoms with E-state index in [1.165, 1.54) is 6.54 Å². The number of hydrogen-bond acceptors (Lipinski definition) is 1. The van der Waals surface area contributed by atoms with Crippen molar-refractivity contribution in [1.82, 2.24) is 5.32 Å². The molecule has 0 aliphatic heterocycles. The summed E-state index contributed by atoms with van der Waals surface area (Å²) in [6, 6.07) is 0.889. The van der Waals surface area contributed by atoms with Crippen LogP contribution in [0.5, 0.6) is 0 Å². The molecule has 0 aromatic heterocycles. The summed E-state index contributed by atoms with van der Waals surface area (Å²) in [6.07, 6.45) is 7.75. The number of hydrogen-bond donors (Lipinski definition) is 1. The van der Waals surface area contributed by atoms with E-state index in [-0.39, 0.29) is 0 Å². The van der Waals surface area contributed by atoms with E-state index in [4.69, 9.17) is 0 Å². The molecule has 4 rings (SSSR count). The van der Waals surface area contributed by atoms with Gasteiger partial charge in [0.15, 0.2) is 0 Å². The molecule has 4 bridgehead atoms. The van der Waals surface area contributed by atoms with Gasteiger partial charge in [0, 0.05) is 6.04 Å². The van der Waals surface area contributed by atoms with Crippen molar-refractivity contribution < 1.29 is 0 Å². The lowest BCUT2D eigenvalue weighted by molar-refractivity contribution is -0.0144. The van der Waals surface area contributed by atoms with Crippen molar-refractivity contribution >= 4 is 0 Å². The van der Waals surface area contributed by atoms with Gasteiger partial charge in [-0.2, -0.15) is 0 Å². The Morgan fingerprint density at radius 1 is 0.933 bits per heavy atom. The second kappa shape index (κ2) is 3.76. The lowest BCUT2D eigenvalue weighted by atomic mass is 9.54. The number of rotatable bonds is 3. The summed E-state index contributed by atoms with van der Waals surface area (Å²) in [7, 11) is 0. The molecule has 4 saturated carbocycles. The van der Waals surface area contributed by atoms with Crippen LogP contribution in [0.4, 0.5) is 0 Å². The molecule has 0 atom stereocenters. The quantitative estimate of drug-likeness (QED) is 0.750. The maximum atomic E-state index is 3.86. The number of nitrogens with one attached hydrogen (secondary N) is 1. The molecule has 0 aromatic rings. The zero-order valence-corrected chi connectivity index (χ0v) is 10.2. The summed E-state index contributed by atoms with van der Waals surface area (Å²) in [6.45, 7) is 5.87. The molecular weight excluding hydrogens is 182 g/mol. The highest BCUT2D eigenvalue weighted by atomic mass is 14.9. The van der Waals surface area contributed by atoms with Crippen LogP contribution < -0.4 is 5.32 Å². The summed E-state index contributed by atoms with van der Waals surface area (Å²) in [5.41, 5.74) is 0. The first kappa shape index (κ1) is 10.1. The van der Waals surface area contributed by atoms with Crippen molar-refractivity contribution in [1.29, 1.82) is 0 Å². The minimum atomic E-state index is 0.808. The highest BCUT2D eigenvalue weighted by Gasteiger charge is 2.47. The van der Waals surface area contributed by atoms with E-state index in [0.29, 0.717) is 0 Å². The van der Waals surface area contributed by atoms with Gasteiger partial charge in [-0.15, -0.1) is 0 Å². The average molecular weight is 207 g/mol. The lowest BCUT2D eigenvalue weighted by Crippen LogP contribution is -2.55. The Labute approximate surface area is 94.0 Å². The Morgan fingerprint density at radius 3 is 1.93 bits per heavy atom. The smallest absolute Gasteiger partial charge is 0.0124 e. The van der Waals surface area contributed by atoms with Gasteiger partial charge in [0.05, 0.1) is 0 Å². The van der Waals surface area contributed by atoms with Crippen molar-refractivity contribution in [3.05, 3.63) is 0 Å². The topological polar surface area (TPSA) is 12.0 Å². The van der Waals surface area contributed by atoms with E-state index in [2.05, 4.69) is 19.2 Å². The molecule has 0 aromatic carbocycles. The molecule has 0 saturated heterocycles. The van der Waals surface area contributed by atoms with Crippen LogP contribution in [0.25, 0.3) is 0 Å². The predicted molar refractivity (Wildman–Crippen MR) is 63.7 cm³/mol. The Morgan fingerprint density at radius 2 is 1.47 bits per heavy atom. The van der Waals surface area contributed by atoms with Gasteiger partial charge in [-0.25, -0.2) is 0 Å². The zero-order chi connectivity index (χ0) is 10.4.